The van der Waals surface area contributed by atoms with E-state index in [0.29, 0.717) is 0 Å². The fraction of sp³-hybridized carbons (Fsp3) is 0.188. The van der Waals surface area contributed by atoms with Crippen LogP contribution in [0.3, 0.4) is 0 Å². The van der Waals surface area contributed by atoms with Crippen LogP contribution in [0, 0.1) is 0 Å². The summed E-state index contributed by atoms with van der Waals surface area (Å²) >= 11 is 0. The van der Waals surface area contributed by atoms with Crippen molar-refractivity contribution in [1.29, 1.82) is 0 Å². The third-order valence-corrected chi connectivity index (χ3v) is 6.72. The number of anilines is 1. The molecule has 2 aromatic carbocycles. The molecular formula is C16H16N4Na2O10S3. The van der Waals surface area contributed by atoms with Gasteiger partial charge in [-0.05, 0) is 43.2 Å². The third kappa shape index (κ3) is 10.9. The van der Waals surface area contributed by atoms with Crippen LogP contribution in [0.15, 0.2) is 61.4 Å². The van der Waals surface area contributed by atoms with Crippen LogP contribution < -0.4 is 70.0 Å². The molecule has 2 aromatic rings. The van der Waals surface area contributed by atoms with E-state index < -0.39 is 59.2 Å². The number of aliphatic imine (C=N–C) groups is 1. The Bertz CT molecular complexity index is 1440. The minimum Gasteiger partial charge on any atom is -0.862 e. The number of rotatable bonds is 9. The molecule has 0 aliphatic heterocycles. The molecule has 0 heterocycles. The second-order valence-electron chi connectivity index (χ2n) is 6.23. The number of azo groups is 1. The number of benzene rings is 2. The molecule has 0 atom stereocenters. The predicted octanol–water partition coefficient (Wildman–Crippen LogP) is -5.40. The first-order valence-electron chi connectivity index (χ1n) is 8.56. The molecule has 0 spiro atoms. The average molecular weight is 567 g/mol. The first-order chi connectivity index (χ1) is 15.1. The average Bonchev–Trinajstić information content (AvgIpc) is 2.65. The Morgan fingerprint density at radius 2 is 1.66 bits per heavy atom. The van der Waals surface area contributed by atoms with E-state index in [1.165, 1.54) is 18.2 Å². The molecule has 0 bridgehead atoms. The molecule has 2 rings (SSSR count). The molecule has 0 aliphatic carbocycles. The SMILES string of the molecule is CC([O-])=Nc1cc(N)c(S(=O)(=O)[O-])cc1N=Nc1cccc(S(=O)(=O)CCOS(=O)(=O)O)c1.[Na+].[Na+]. The fourth-order valence-corrected chi connectivity index (χ4v) is 4.47. The molecule has 0 aromatic heterocycles. The molecule has 3 N–H and O–H groups in total. The van der Waals surface area contributed by atoms with Gasteiger partial charge in [-0.3, -0.25) is 9.55 Å². The van der Waals surface area contributed by atoms with Gasteiger partial charge in [-0.15, -0.1) is 5.11 Å². The fourth-order valence-electron chi connectivity index (χ4n) is 2.35. The van der Waals surface area contributed by atoms with Crippen molar-refractivity contribution < 1.29 is 103 Å². The van der Waals surface area contributed by atoms with E-state index in [9.17, 15) is 34.9 Å². The van der Waals surface area contributed by atoms with Gasteiger partial charge in [0, 0.05) is 0 Å². The quantitative estimate of drug-likeness (QED) is 0.0724. The second kappa shape index (κ2) is 13.5. The van der Waals surface area contributed by atoms with Crippen molar-refractivity contribution in [2.24, 2.45) is 15.2 Å². The summed E-state index contributed by atoms with van der Waals surface area (Å²) in [6.07, 6.45) is 0. The van der Waals surface area contributed by atoms with Crippen LogP contribution in [0.1, 0.15) is 6.92 Å². The van der Waals surface area contributed by atoms with E-state index >= 15 is 0 Å². The second-order valence-corrected chi connectivity index (χ2v) is 10.8. The van der Waals surface area contributed by atoms with E-state index in [1.54, 1.807) is 0 Å². The molecule has 35 heavy (non-hydrogen) atoms. The van der Waals surface area contributed by atoms with Gasteiger partial charge < -0.3 is 15.4 Å². The largest absolute Gasteiger partial charge is 1.00 e. The Hall–Kier alpha value is -0.960. The first-order valence-corrected chi connectivity index (χ1v) is 13.0. The van der Waals surface area contributed by atoms with Crippen molar-refractivity contribution in [2.75, 3.05) is 18.1 Å². The van der Waals surface area contributed by atoms with E-state index in [2.05, 4.69) is 19.4 Å². The van der Waals surface area contributed by atoms with Crippen molar-refractivity contribution in [3.05, 3.63) is 36.4 Å². The molecule has 0 aliphatic rings. The Labute approximate surface area is 245 Å². The number of hydrogen-bond donors (Lipinski definition) is 2. The van der Waals surface area contributed by atoms with Gasteiger partial charge in [-0.25, -0.2) is 21.0 Å². The van der Waals surface area contributed by atoms with Crippen molar-refractivity contribution in [1.82, 2.24) is 0 Å². The van der Waals surface area contributed by atoms with Gasteiger partial charge in [-0.1, -0.05) is 6.07 Å². The molecule has 180 valence electrons. The van der Waals surface area contributed by atoms with E-state index in [0.717, 1.165) is 25.1 Å². The van der Waals surface area contributed by atoms with Crippen molar-refractivity contribution >= 4 is 59.0 Å². The van der Waals surface area contributed by atoms with Gasteiger partial charge >= 0.3 is 69.5 Å². The predicted molar refractivity (Wildman–Crippen MR) is 112 cm³/mol. The smallest absolute Gasteiger partial charge is 0.862 e. The molecule has 19 heteroatoms. The minimum atomic E-state index is -4.98. The molecular weight excluding hydrogens is 550 g/mol. The molecule has 0 amide bonds. The van der Waals surface area contributed by atoms with Crippen LogP contribution in [0.25, 0.3) is 0 Å². The Balaban J connectivity index is 0.00000578. The number of sulfone groups is 1. The maximum atomic E-state index is 12.3. The molecule has 0 saturated heterocycles. The summed E-state index contributed by atoms with van der Waals surface area (Å²) in [5.41, 5.74) is 4.57. The van der Waals surface area contributed by atoms with Crippen LogP contribution in [-0.2, 0) is 34.5 Å². The summed E-state index contributed by atoms with van der Waals surface area (Å²) in [4.78, 5) is 2.52. The third-order valence-electron chi connectivity index (χ3n) is 3.69. The summed E-state index contributed by atoms with van der Waals surface area (Å²) in [6.45, 7) is 0.274. The van der Waals surface area contributed by atoms with Gasteiger partial charge in [0.15, 0.2) is 9.84 Å². The monoisotopic (exact) mass is 566 g/mol. The molecule has 14 nitrogen and oxygen atoms in total. The Morgan fingerprint density at radius 3 is 2.20 bits per heavy atom. The topological polar surface area (TPSA) is 241 Å². The number of hydrogen-bond acceptors (Lipinski definition) is 13. The van der Waals surface area contributed by atoms with E-state index in [-0.39, 0.29) is 81.1 Å². The zero-order valence-electron chi connectivity index (χ0n) is 18.6. The molecule has 0 fully saturated rings. The number of nitrogen functional groups attached to an aromatic ring is 1. The number of nitrogens with zero attached hydrogens (tertiary/aromatic N) is 3. The molecule has 0 saturated carbocycles. The van der Waals surface area contributed by atoms with Crippen molar-refractivity contribution in [2.45, 2.75) is 16.7 Å². The van der Waals surface area contributed by atoms with Crippen LogP contribution in [0.4, 0.5) is 22.7 Å². The maximum absolute atomic E-state index is 12.3. The summed E-state index contributed by atoms with van der Waals surface area (Å²) in [5.74, 6) is -1.46. The Morgan fingerprint density at radius 1 is 1.03 bits per heavy atom. The zero-order chi connectivity index (χ0) is 25.0. The Kier molecular flexibility index (Phi) is 13.2. The number of nitrogens with two attached hydrogens (primary N) is 1. The van der Waals surface area contributed by atoms with Gasteiger partial charge in [0.25, 0.3) is 0 Å². The normalized spacial score (nSPS) is 12.7. The summed E-state index contributed by atoms with van der Waals surface area (Å²) in [7, 11) is -13.8. The first kappa shape index (κ1) is 34.0. The summed E-state index contributed by atoms with van der Waals surface area (Å²) < 4.78 is 92.4. The van der Waals surface area contributed by atoms with Gasteiger partial charge in [-0.2, -0.15) is 13.5 Å². The van der Waals surface area contributed by atoms with Gasteiger partial charge in [0.2, 0.25) is 0 Å². The van der Waals surface area contributed by atoms with Crippen LogP contribution in [0.2, 0.25) is 0 Å². The maximum Gasteiger partial charge on any atom is 1.00 e. The summed E-state index contributed by atoms with van der Waals surface area (Å²) in [5, 5.41) is 18.9. The van der Waals surface area contributed by atoms with Crippen LogP contribution in [0.5, 0.6) is 0 Å². The van der Waals surface area contributed by atoms with Gasteiger partial charge in [0.1, 0.15) is 15.8 Å². The van der Waals surface area contributed by atoms with Crippen molar-refractivity contribution in [3.8, 4) is 0 Å². The van der Waals surface area contributed by atoms with E-state index in [1.807, 2.05) is 0 Å². The van der Waals surface area contributed by atoms with E-state index in [4.69, 9.17) is 10.3 Å². The van der Waals surface area contributed by atoms with Gasteiger partial charge in [0.05, 0.1) is 39.2 Å². The molecule has 0 radical (unpaired) electrons. The van der Waals surface area contributed by atoms with Crippen LogP contribution in [-0.4, -0.2) is 52.6 Å². The standard InChI is InChI=1S/C16H18N4O10S3.2Na/c1-10(21)18-14-8-13(17)16(32(24,25)26)9-15(14)20-19-11-3-2-4-12(7-11)31(22,23)6-5-30-33(27,28)29;;/h2-4,7-9H,5-6,17H2,1H3,(H,18,21)(H,24,25,26)(H,27,28,29);;/q;2*+1/p-2. The summed E-state index contributed by atoms with van der Waals surface area (Å²) in [6, 6.07) is 6.61. The van der Waals surface area contributed by atoms with Crippen molar-refractivity contribution in [3.63, 3.8) is 0 Å². The minimum absolute atomic E-state index is 0. The zero-order valence-corrected chi connectivity index (χ0v) is 25.1. The van der Waals surface area contributed by atoms with Crippen LogP contribution >= 0.6 is 0 Å². The molecule has 0 unspecified atom stereocenters.